The van der Waals surface area contributed by atoms with Gasteiger partial charge in [0.1, 0.15) is 0 Å². The molecular weight excluding hydrogens is 643 g/mol. The summed E-state index contributed by atoms with van der Waals surface area (Å²) in [7, 11) is -1.04. The Hall–Kier alpha value is -4.88. The maximum absolute atomic E-state index is 4.16. The Morgan fingerprint density at radius 3 is 2.14 bits per heavy atom. The molecule has 0 atom stereocenters. The molecule has 0 spiro atoms. The Kier molecular flexibility index (Phi) is 14.7. The molecule has 4 aromatic carbocycles. The van der Waals surface area contributed by atoms with Crippen LogP contribution >= 0.6 is 21.8 Å². The minimum Gasteiger partial charge on any atom is -0.356 e. The summed E-state index contributed by atoms with van der Waals surface area (Å²) < 4.78 is 0. The first-order valence-electron chi connectivity index (χ1n) is 16.9. The van der Waals surface area contributed by atoms with Gasteiger partial charge in [-0.1, -0.05) is 139 Å². The normalized spacial score (nSPS) is 14.7. The van der Waals surface area contributed by atoms with Crippen LogP contribution in [0.25, 0.3) is 23.3 Å². The van der Waals surface area contributed by atoms with Crippen LogP contribution in [0.4, 0.5) is 5.69 Å². The van der Waals surface area contributed by atoms with Gasteiger partial charge in [-0.15, -0.1) is 12.8 Å². The zero-order valence-corrected chi connectivity index (χ0v) is 31.4. The molecular formula is C47H49NS2. The van der Waals surface area contributed by atoms with Crippen LogP contribution < -0.4 is 5.32 Å². The van der Waals surface area contributed by atoms with Crippen molar-refractivity contribution in [2.45, 2.75) is 52.7 Å². The van der Waals surface area contributed by atoms with Crippen molar-refractivity contribution >= 4 is 39.6 Å². The number of hydrogen-bond acceptors (Lipinski definition) is 2. The lowest BCUT2D eigenvalue weighted by Crippen LogP contribution is -2.05. The summed E-state index contributed by atoms with van der Waals surface area (Å²) in [6.45, 7) is 8.36. The van der Waals surface area contributed by atoms with Crippen LogP contribution in [0.15, 0.2) is 183 Å². The fraction of sp³-hybridized carbons (Fsp3) is 0.149. The Morgan fingerprint density at radius 2 is 1.44 bits per heavy atom. The van der Waals surface area contributed by atoms with Crippen LogP contribution in [0.1, 0.15) is 44.2 Å². The first-order chi connectivity index (χ1) is 24.3. The van der Waals surface area contributed by atoms with Crippen molar-refractivity contribution in [3.05, 3.63) is 175 Å². The highest BCUT2D eigenvalue weighted by molar-refractivity contribution is 8.33. The van der Waals surface area contributed by atoms with E-state index in [9.17, 15) is 0 Å². The van der Waals surface area contributed by atoms with E-state index in [2.05, 4.69) is 196 Å². The van der Waals surface area contributed by atoms with E-state index < -0.39 is 10.0 Å². The van der Waals surface area contributed by atoms with Crippen LogP contribution in [0.5, 0.6) is 0 Å². The third kappa shape index (κ3) is 10.6. The molecule has 0 aromatic heterocycles. The Morgan fingerprint density at radius 1 is 0.800 bits per heavy atom. The number of rotatable bonds is 9. The summed E-state index contributed by atoms with van der Waals surface area (Å²) in [5, 5.41) is 3.41. The lowest BCUT2D eigenvalue weighted by Gasteiger charge is -2.39. The van der Waals surface area contributed by atoms with Gasteiger partial charge in [0.2, 0.25) is 0 Å². The molecule has 0 radical (unpaired) electrons. The maximum atomic E-state index is 4.16. The van der Waals surface area contributed by atoms with E-state index in [1.165, 1.54) is 47.4 Å². The van der Waals surface area contributed by atoms with Gasteiger partial charge in [0.15, 0.2) is 0 Å². The molecule has 0 saturated heterocycles. The van der Waals surface area contributed by atoms with E-state index in [1.807, 2.05) is 24.8 Å². The molecule has 3 heteroatoms. The summed E-state index contributed by atoms with van der Waals surface area (Å²) in [5.41, 5.74) is 8.45. The highest BCUT2D eigenvalue weighted by Crippen LogP contribution is 2.66. The molecule has 1 nitrogen and oxygen atoms in total. The van der Waals surface area contributed by atoms with E-state index in [1.54, 1.807) is 0 Å². The molecule has 1 aliphatic heterocycles. The van der Waals surface area contributed by atoms with Crippen molar-refractivity contribution in [2.75, 3.05) is 17.8 Å². The average molecular weight is 692 g/mol. The molecule has 1 heterocycles. The Labute approximate surface area is 307 Å². The number of benzene rings is 4. The molecule has 2 aliphatic rings. The van der Waals surface area contributed by atoms with Gasteiger partial charge in [0, 0.05) is 31.0 Å². The second-order valence-electron chi connectivity index (χ2n) is 12.3. The summed E-state index contributed by atoms with van der Waals surface area (Å²) in [6.07, 6.45) is 39.3. The summed E-state index contributed by atoms with van der Waals surface area (Å²) in [4.78, 5) is 5.75. The minimum absolute atomic E-state index is 0.890. The van der Waals surface area contributed by atoms with Crippen LogP contribution in [-0.4, -0.2) is 12.5 Å². The highest BCUT2D eigenvalue weighted by atomic mass is 32.3. The van der Waals surface area contributed by atoms with Crippen molar-refractivity contribution in [1.29, 1.82) is 0 Å². The van der Waals surface area contributed by atoms with Gasteiger partial charge >= 0.3 is 0 Å². The van der Waals surface area contributed by atoms with Crippen LogP contribution in [0.2, 0.25) is 0 Å². The fourth-order valence-corrected chi connectivity index (χ4v) is 10.2. The SMILES string of the molecule is C#C.C1=Cc2ccccc2C=CC1.C=C(/C=C\C/C=C(\C)C/C=C\C=C/C)Nc1ccc(-c2ccc3c(c2)S(C)(C)c2ccccc2S3)cc1. The van der Waals surface area contributed by atoms with Crippen molar-refractivity contribution in [2.24, 2.45) is 0 Å². The number of terminal acetylenes is 1. The number of allylic oxidation sites excluding steroid dienone is 10. The number of anilines is 1. The van der Waals surface area contributed by atoms with Gasteiger partial charge < -0.3 is 5.32 Å². The molecule has 0 amide bonds. The first-order valence-corrected chi connectivity index (χ1v) is 20.2. The zero-order chi connectivity index (χ0) is 35.8. The van der Waals surface area contributed by atoms with Crippen molar-refractivity contribution in [1.82, 2.24) is 0 Å². The van der Waals surface area contributed by atoms with Gasteiger partial charge in [-0.2, -0.15) is 10.0 Å². The Bertz CT molecular complexity index is 1910. The largest absolute Gasteiger partial charge is 0.356 e. The highest BCUT2D eigenvalue weighted by Gasteiger charge is 2.29. The molecule has 50 heavy (non-hydrogen) atoms. The minimum atomic E-state index is -1.04. The maximum Gasteiger partial charge on any atom is 0.0384 e. The topological polar surface area (TPSA) is 12.0 Å². The van der Waals surface area contributed by atoms with Crippen molar-refractivity contribution < 1.29 is 0 Å². The third-order valence-corrected chi connectivity index (χ3v) is 12.6. The van der Waals surface area contributed by atoms with Crippen LogP contribution in [0.3, 0.4) is 0 Å². The second kappa shape index (κ2) is 19.3. The lowest BCUT2D eigenvalue weighted by molar-refractivity contribution is 1.13. The standard InChI is InChI=1S/C34H37NS2.C11H10.C2H2/c1-6-7-8-9-14-26(2)15-10-11-16-27(3)35-30-22-19-28(20-23-30)29-21-24-32-34(25-29)37(4,5)33-18-13-12-17-31(33)36-32;1-2-6-10-8-4-5-9-11(10)7-3-1;1-2/h6-9,11-13,15-25,35H,3,10,14H2,1-2,4-5H3;2-9H,1H2;1-2H/b7-6-,9-8-,16-11-,26-15+;;. The average Bonchev–Trinajstić information content (AvgIpc) is 3.39. The summed E-state index contributed by atoms with van der Waals surface area (Å²) in [5.74, 6) is 0. The van der Waals surface area contributed by atoms with E-state index in [0.717, 1.165) is 30.6 Å². The first kappa shape index (κ1) is 37.9. The number of nitrogens with one attached hydrogen (secondary N) is 1. The molecule has 6 rings (SSSR count). The third-order valence-electron chi connectivity index (χ3n) is 8.30. The van der Waals surface area contributed by atoms with Gasteiger partial charge in [-0.25, -0.2) is 0 Å². The Balaban J connectivity index is 0.000000361. The number of hydrogen-bond donors (Lipinski definition) is 1. The molecule has 0 bridgehead atoms. The summed E-state index contributed by atoms with van der Waals surface area (Å²) >= 11 is 1.90. The van der Waals surface area contributed by atoms with Crippen molar-refractivity contribution in [3.63, 3.8) is 0 Å². The van der Waals surface area contributed by atoms with Gasteiger partial charge in [-0.3, -0.25) is 0 Å². The molecule has 1 N–H and O–H groups in total. The van der Waals surface area contributed by atoms with Crippen LogP contribution in [-0.2, 0) is 0 Å². The number of fused-ring (bicyclic) bond motifs is 3. The zero-order valence-electron chi connectivity index (χ0n) is 29.8. The molecule has 0 fully saturated rings. The lowest BCUT2D eigenvalue weighted by atomic mass is 10.1. The van der Waals surface area contributed by atoms with E-state index in [4.69, 9.17) is 0 Å². The predicted octanol–water partition coefficient (Wildman–Crippen LogP) is 14.0. The van der Waals surface area contributed by atoms with Gasteiger partial charge in [0.05, 0.1) is 0 Å². The van der Waals surface area contributed by atoms with E-state index >= 15 is 0 Å². The molecule has 254 valence electrons. The predicted molar refractivity (Wildman–Crippen MR) is 226 cm³/mol. The monoisotopic (exact) mass is 691 g/mol. The summed E-state index contributed by atoms with van der Waals surface area (Å²) in [6, 6.07) is 32.9. The fourth-order valence-electron chi connectivity index (χ4n) is 5.63. The smallest absolute Gasteiger partial charge is 0.0384 e. The van der Waals surface area contributed by atoms with Crippen molar-refractivity contribution in [3.8, 4) is 24.0 Å². The van der Waals surface area contributed by atoms with E-state index in [0.29, 0.717) is 0 Å². The molecule has 4 aromatic rings. The van der Waals surface area contributed by atoms with Crippen LogP contribution in [0, 0.1) is 12.8 Å². The molecule has 0 unspecified atom stereocenters. The van der Waals surface area contributed by atoms with Gasteiger partial charge in [0.25, 0.3) is 0 Å². The quantitative estimate of drug-likeness (QED) is 0.107. The van der Waals surface area contributed by atoms with E-state index in [-0.39, 0.29) is 0 Å². The second-order valence-corrected chi connectivity index (χ2v) is 16.9. The molecule has 0 saturated carbocycles. The van der Waals surface area contributed by atoms with Gasteiger partial charge in [-0.05, 0) is 110 Å². The molecule has 1 aliphatic carbocycles.